The maximum absolute atomic E-state index is 4.22. The number of nitrogens with zero attached hydrogens (tertiary/aromatic N) is 2. The van der Waals surface area contributed by atoms with Crippen LogP contribution in [0.25, 0.3) is 0 Å². The number of rotatable bonds is 6. The number of aliphatic imine (C=N–C) groups is 2. The van der Waals surface area contributed by atoms with Gasteiger partial charge in [-0.25, -0.2) is 0 Å². The summed E-state index contributed by atoms with van der Waals surface area (Å²) in [4.78, 5) is 8.44. The molecule has 0 heterocycles. The molecular formula is C12H16N2S2. The summed E-state index contributed by atoms with van der Waals surface area (Å²) in [6.07, 6.45) is 3.73. The smallest absolute Gasteiger partial charge is 0.0477 e. The highest BCUT2D eigenvalue weighted by atomic mass is 32.1. The Labute approximate surface area is 108 Å². The van der Waals surface area contributed by atoms with Gasteiger partial charge < -0.3 is 0 Å². The van der Waals surface area contributed by atoms with Gasteiger partial charge in [-0.15, -0.1) is 0 Å². The molecule has 0 bridgehead atoms. The molecule has 0 spiro atoms. The molecule has 0 N–H and O–H groups in total. The summed E-state index contributed by atoms with van der Waals surface area (Å²) >= 11 is 8.19. The molecule has 0 amide bonds. The highest BCUT2D eigenvalue weighted by molar-refractivity contribution is 7.80. The number of benzene rings is 1. The van der Waals surface area contributed by atoms with E-state index in [9.17, 15) is 0 Å². The Bertz CT molecular complexity index is 310. The Morgan fingerprint density at radius 2 is 1.19 bits per heavy atom. The third kappa shape index (κ3) is 5.37. The van der Waals surface area contributed by atoms with Gasteiger partial charge in [-0.1, -0.05) is 24.3 Å². The quantitative estimate of drug-likeness (QED) is 0.574. The van der Waals surface area contributed by atoms with Crippen molar-refractivity contribution in [3.8, 4) is 0 Å². The van der Waals surface area contributed by atoms with Crippen LogP contribution in [0.1, 0.15) is 11.1 Å². The van der Waals surface area contributed by atoms with Gasteiger partial charge in [0.25, 0.3) is 0 Å². The lowest BCUT2D eigenvalue weighted by Crippen LogP contribution is -1.88. The largest absolute Gasteiger partial charge is 0.292 e. The molecule has 0 aliphatic carbocycles. The molecule has 4 heteroatoms. The molecule has 1 aromatic carbocycles. The van der Waals surface area contributed by atoms with Crippen LogP contribution in [0.3, 0.4) is 0 Å². The van der Waals surface area contributed by atoms with E-state index in [0.29, 0.717) is 0 Å². The van der Waals surface area contributed by atoms with E-state index in [2.05, 4.69) is 35.2 Å². The van der Waals surface area contributed by atoms with Gasteiger partial charge in [0.1, 0.15) is 0 Å². The Morgan fingerprint density at radius 3 is 1.50 bits per heavy atom. The maximum atomic E-state index is 4.22. The Hall–Kier alpha value is -0.740. The second kappa shape index (κ2) is 8.42. The first-order valence-electron chi connectivity index (χ1n) is 5.18. The van der Waals surface area contributed by atoms with Gasteiger partial charge in [0.2, 0.25) is 0 Å². The lowest BCUT2D eigenvalue weighted by atomic mass is 10.1. The molecule has 0 aromatic heterocycles. The van der Waals surface area contributed by atoms with Crippen molar-refractivity contribution in [2.45, 2.75) is 0 Å². The summed E-state index contributed by atoms with van der Waals surface area (Å²) in [5.41, 5.74) is 2.21. The zero-order chi connectivity index (χ0) is 11.6. The Morgan fingerprint density at radius 1 is 0.812 bits per heavy atom. The van der Waals surface area contributed by atoms with Crippen LogP contribution in [-0.4, -0.2) is 37.0 Å². The van der Waals surface area contributed by atoms with Gasteiger partial charge in [0.15, 0.2) is 0 Å². The van der Waals surface area contributed by atoms with Crippen LogP contribution in [-0.2, 0) is 0 Å². The standard InChI is InChI=1S/C12H16N2S2/c15-7-5-13-9-11-1-2-12(4-3-11)10-14-6-8-16/h1-4,9-10,15-16H,5-8H2. The van der Waals surface area contributed by atoms with E-state index in [1.165, 1.54) is 0 Å². The molecule has 2 nitrogen and oxygen atoms in total. The Kier molecular flexibility index (Phi) is 7.01. The molecule has 0 saturated carbocycles. The molecule has 1 rings (SSSR count). The van der Waals surface area contributed by atoms with Crippen LogP contribution in [0.4, 0.5) is 0 Å². The molecule has 0 aliphatic heterocycles. The first kappa shape index (κ1) is 13.3. The maximum Gasteiger partial charge on any atom is 0.0477 e. The predicted molar refractivity (Wildman–Crippen MR) is 79.1 cm³/mol. The van der Waals surface area contributed by atoms with E-state index in [1.807, 2.05) is 36.7 Å². The monoisotopic (exact) mass is 252 g/mol. The number of thiol groups is 2. The third-order valence-corrected chi connectivity index (χ3v) is 2.28. The van der Waals surface area contributed by atoms with Gasteiger partial charge in [0.05, 0.1) is 0 Å². The summed E-state index contributed by atoms with van der Waals surface area (Å²) in [6.45, 7) is 1.52. The molecule has 86 valence electrons. The molecular weight excluding hydrogens is 236 g/mol. The number of hydrogen-bond acceptors (Lipinski definition) is 4. The van der Waals surface area contributed by atoms with E-state index in [-0.39, 0.29) is 0 Å². The SMILES string of the molecule is SCCN=Cc1ccc(C=NCCS)cc1. The second-order valence-electron chi connectivity index (χ2n) is 3.18. The highest BCUT2D eigenvalue weighted by Crippen LogP contribution is 2.00. The van der Waals surface area contributed by atoms with Gasteiger partial charge in [-0.05, 0) is 11.1 Å². The van der Waals surface area contributed by atoms with Crippen molar-refractivity contribution in [2.24, 2.45) is 9.98 Å². The zero-order valence-corrected chi connectivity index (χ0v) is 10.9. The minimum atomic E-state index is 0.758. The first-order valence-corrected chi connectivity index (χ1v) is 6.44. The predicted octanol–water partition coefficient (Wildman–Crippen LogP) is 2.38. The normalized spacial score (nSPS) is 11.6. The van der Waals surface area contributed by atoms with E-state index >= 15 is 0 Å². The number of hydrogen-bond donors (Lipinski definition) is 2. The highest BCUT2D eigenvalue weighted by Gasteiger charge is 1.89. The molecule has 16 heavy (non-hydrogen) atoms. The fraction of sp³-hybridized carbons (Fsp3) is 0.333. The Balaban J connectivity index is 2.54. The van der Waals surface area contributed by atoms with Crippen molar-refractivity contribution in [3.05, 3.63) is 35.4 Å². The van der Waals surface area contributed by atoms with E-state index < -0.39 is 0 Å². The zero-order valence-electron chi connectivity index (χ0n) is 9.08. The van der Waals surface area contributed by atoms with Crippen molar-refractivity contribution in [1.29, 1.82) is 0 Å². The topological polar surface area (TPSA) is 24.7 Å². The van der Waals surface area contributed by atoms with Crippen LogP contribution in [0.5, 0.6) is 0 Å². The van der Waals surface area contributed by atoms with Crippen molar-refractivity contribution >= 4 is 37.7 Å². The summed E-state index contributed by atoms with van der Waals surface area (Å²) in [5.74, 6) is 1.57. The third-order valence-electron chi connectivity index (χ3n) is 1.88. The molecule has 0 unspecified atom stereocenters. The van der Waals surface area contributed by atoms with Crippen molar-refractivity contribution in [3.63, 3.8) is 0 Å². The van der Waals surface area contributed by atoms with Gasteiger partial charge >= 0.3 is 0 Å². The van der Waals surface area contributed by atoms with Crippen LogP contribution < -0.4 is 0 Å². The molecule has 0 aliphatic rings. The van der Waals surface area contributed by atoms with Gasteiger partial charge in [-0.2, -0.15) is 25.3 Å². The van der Waals surface area contributed by atoms with E-state index in [1.54, 1.807) is 0 Å². The summed E-state index contributed by atoms with van der Waals surface area (Å²) in [5, 5.41) is 0. The van der Waals surface area contributed by atoms with E-state index in [0.717, 1.165) is 35.7 Å². The minimum absolute atomic E-state index is 0.758. The fourth-order valence-electron chi connectivity index (χ4n) is 1.12. The van der Waals surface area contributed by atoms with Crippen LogP contribution >= 0.6 is 25.3 Å². The molecule has 1 aromatic rings. The molecule has 0 radical (unpaired) electrons. The summed E-state index contributed by atoms with van der Waals surface area (Å²) in [6, 6.07) is 8.13. The first-order chi connectivity index (χ1) is 7.86. The average molecular weight is 252 g/mol. The van der Waals surface area contributed by atoms with Crippen LogP contribution in [0, 0.1) is 0 Å². The van der Waals surface area contributed by atoms with Crippen LogP contribution in [0.2, 0.25) is 0 Å². The van der Waals surface area contributed by atoms with Gasteiger partial charge in [0, 0.05) is 37.0 Å². The summed E-state index contributed by atoms with van der Waals surface area (Å²) < 4.78 is 0. The molecule has 0 fully saturated rings. The molecule has 0 atom stereocenters. The summed E-state index contributed by atoms with van der Waals surface area (Å²) in [7, 11) is 0. The lowest BCUT2D eigenvalue weighted by molar-refractivity contribution is 1.16. The minimum Gasteiger partial charge on any atom is -0.292 e. The second-order valence-corrected chi connectivity index (χ2v) is 4.08. The van der Waals surface area contributed by atoms with Crippen molar-refractivity contribution in [2.75, 3.05) is 24.6 Å². The fourth-order valence-corrected chi connectivity index (χ4v) is 1.35. The van der Waals surface area contributed by atoms with E-state index in [4.69, 9.17) is 0 Å². The molecule has 0 saturated heterocycles. The van der Waals surface area contributed by atoms with Crippen LogP contribution in [0.15, 0.2) is 34.3 Å². The average Bonchev–Trinajstić information content (AvgIpc) is 2.32. The van der Waals surface area contributed by atoms with Crippen molar-refractivity contribution in [1.82, 2.24) is 0 Å². The van der Waals surface area contributed by atoms with Gasteiger partial charge in [-0.3, -0.25) is 9.98 Å². The van der Waals surface area contributed by atoms with Crippen molar-refractivity contribution < 1.29 is 0 Å². The lowest BCUT2D eigenvalue weighted by Gasteiger charge is -1.95.